The van der Waals surface area contributed by atoms with Crippen LogP contribution in [0.2, 0.25) is 0 Å². The molecule has 0 unspecified atom stereocenters. The van der Waals surface area contributed by atoms with Crippen LogP contribution in [-0.4, -0.2) is 35.6 Å². The minimum absolute atomic E-state index is 0.247. The first kappa shape index (κ1) is 14.4. The van der Waals surface area contributed by atoms with Gasteiger partial charge in [0.05, 0.1) is 6.20 Å². The summed E-state index contributed by atoms with van der Waals surface area (Å²) in [5.41, 5.74) is 0.961. The van der Waals surface area contributed by atoms with E-state index in [1.807, 2.05) is 0 Å². The van der Waals surface area contributed by atoms with Gasteiger partial charge in [-0.2, -0.15) is 0 Å². The first-order valence-electron chi connectivity index (χ1n) is 7.19. The van der Waals surface area contributed by atoms with E-state index in [0.29, 0.717) is 6.04 Å². The quantitative estimate of drug-likeness (QED) is 0.886. The standard InChI is InChI=1S/C15H24FN3/c1-12(2)19(10-13-3-5-17-6-4-13)11-14-7-15(16)9-18-8-14/h7-9,12-13,17H,3-6,10-11H2,1-2H3. The molecule has 0 radical (unpaired) electrons. The zero-order valence-electron chi connectivity index (χ0n) is 11.9. The van der Waals surface area contributed by atoms with Crippen LogP contribution in [0.1, 0.15) is 32.3 Å². The van der Waals surface area contributed by atoms with E-state index >= 15 is 0 Å². The molecular formula is C15H24FN3. The molecule has 1 N–H and O–H groups in total. The lowest BCUT2D eigenvalue weighted by Crippen LogP contribution is -2.39. The van der Waals surface area contributed by atoms with Gasteiger partial charge in [0.15, 0.2) is 0 Å². The molecule has 1 aliphatic heterocycles. The average molecular weight is 265 g/mol. The molecule has 2 heterocycles. The Balaban J connectivity index is 1.95. The fourth-order valence-corrected chi connectivity index (χ4v) is 2.63. The number of halogens is 1. The van der Waals surface area contributed by atoms with Gasteiger partial charge in [0.25, 0.3) is 0 Å². The monoisotopic (exact) mass is 265 g/mol. The van der Waals surface area contributed by atoms with Crippen molar-refractivity contribution >= 4 is 0 Å². The topological polar surface area (TPSA) is 28.2 Å². The lowest BCUT2D eigenvalue weighted by molar-refractivity contribution is 0.161. The van der Waals surface area contributed by atoms with Gasteiger partial charge in [-0.1, -0.05) is 0 Å². The SMILES string of the molecule is CC(C)N(Cc1cncc(F)c1)CC1CCNCC1. The summed E-state index contributed by atoms with van der Waals surface area (Å²) >= 11 is 0. The van der Waals surface area contributed by atoms with Gasteiger partial charge in [-0.3, -0.25) is 9.88 Å². The Morgan fingerprint density at radius 2 is 2.11 bits per heavy atom. The van der Waals surface area contributed by atoms with Crippen LogP contribution in [0, 0.1) is 11.7 Å². The molecule has 1 fully saturated rings. The second-order valence-electron chi connectivity index (χ2n) is 5.73. The third-order valence-electron chi connectivity index (χ3n) is 3.83. The van der Waals surface area contributed by atoms with Crippen LogP contribution < -0.4 is 5.32 Å². The summed E-state index contributed by atoms with van der Waals surface area (Å²) in [6.45, 7) is 8.53. The summed E-state index contributed by atoms with van der Waals surface area (Å²) in [5, 5.41) is 3.40. The second kappa shape index (κ2) is 6.96. The smallest absolute Gasteiger partial charge is 0.141 e. The van der Waals surface area contributed by atoms with E-state index in [-0.39, 0.29) is 5.82 Å². The molecule has 0 aromatic carbocycles. The highest BCUT2D eigenvalue weighted by molar-refractivity contribution is 5.10. The van der Waals surface area contributed by atoms with Crippen LogP contribution in [0.3, 0.4) is 0 Å². The van der Waals surface area contributed by atoms with Crippen LogP contribution >= 0.6 is 0 Å². The average Bonchev–Trinajstić information content (AvgIpc) is 2.39. The third kappa shape index (κ3) is 4.55. The molecule has 0 atom stereocenters. The van der Waals surface area contributed by atoms with E-state index in [4.69, 9.17) is 0 Å². The predicted octanol–water partition coefficient (Wildman–Crippen LogP) is 2.43. The normalized spacial score (nSPS) is 17.3. The van der Waals surface area contributed by atoms with Crippen molar-refractivity contribution in [1.82, 2.24) is 15.2 Å². The van der Waals surface area contributed by atoms with Crippen molar-refractivity contribution in [2.75, 3.05) is 19.6 Å². The Labute approximate surface area is 115 Å². The number of piperidine rings is 1. The summed E-state index contributed by atoms with van der Waals surface area (Å²) in [4.78, 5) is 6.35. The number of rotatable bonds is 5. The van der Waals surface area contributed by atoms with Gasteiger partial charge in [-0.15, -0.1) is 0 Å². The van der Waals surface area contributed by atoms with Gasteiger partial charge in [-0.05, 0) is 57.3 Å². The Bertz CT molecular complexity index is 389. The van der Waals surface area contributed by atoms with Crippen LogP contribution in [-0.2, 0) is 6.54 Å². The number of nitrogens with zero attached hydrogens (tertiary/aromatic N) is 2. The molecule has 4 heteroatoms. The molecule has 2 rings (SSSR count). The molecule has 0 spiro atoms. The van der Waals surface area contributed by atoms with E-state index in [0.717, 1.165) is 37.7 Å². The number of pyridine rings is 1. The van der Waals surface area contributed by atoms with Gasteiger partial charge < -0.3 is 5.32 Å². The fourth-order valence-electron chi connectivity index (χ4n) is 2.63. The van der Waals surface area contributed by atoms with Gasteiger partial charge in [0.1, 0.15) is 5.82 Å². The molecule has 0 amide bonds. The summed E-state index contributed by atoms with van der Waals surface area (Å²) < 4.78 is 13.2. The maximum Gasteiger partial charge on any atom is 0.141 e. The Morgan fingerprint density at radius 3 is 2.74 bits per heavy atom. The molecule has 0 aliphatic carbocycles. The largest absolute Gasteiger partial charge is 0.317 e. The molecule has 106 valence electrons. The zero-order valence-corrected chi connectivity index (χ0v) is 11.9. The molecule has 1 aromatic heterocycles. The van der Waals surface area contributed by atoms with Crippen molar-refractivity contribution in [2.24, 2.45) is 5.92 Å². The van der Waals surface area contributed by atoms with Crippen LogP contribution in [0.15, 0.2) is 18.5 Å². The summed E-state index contributed by atoms with van der Waals surface area (Å²) in [6, 6.07) is 2.06. The molecule has 1 saturated heterocycles. The highest BCUT2D eigenvalue weighted by Gasteiger charge is 2.19. The van der Waals surface area contributed by atoms with Gasteiger partial charge in [-0.25, -0.2) is 4.39 Å². The third-order valence-corrected chi connectivity index (χ3v) is 3.83. The predicted molar refractivity (Wildman–Crippen MR) is 75.3 cm³/mol. The Morgan fingerprint density at radius 1 is 1.37 bits per heavy atom. The maximum absolute atomic E-state index is 13.2. The van der Waals surface area contributed by atoms with Crippen molar-refractivity contribution in [3.63, 3.8) is 0 Å². The lowest BCUT2D eigenvalue weighted by atomic mass is 9.97. The molecular weight excluding hydrogens is 241 g/mol. The Kier molecular flexibility index (Phi) is 5.28. The van der Waals surface area contributed by atoms with Crippen molar-refractivity contribution < 1.29 is 4.39 Å². The van der Waals surface area contributed by atoms with Crippen molar-refractivity contribution in [1.29, 1.82) is 0 Å². The van der Waals surface area contributed by atoms with E-state index < -0.39 is 0 Å². The molecule has 1 aromatic rings. The van der Waals surface area contributed by atoms with Crippen molar-refractivity contribution in [3.8, 4) is 0 Å². The summed E-state index contributed by atoms with van der Waals surface area (Å²) in [5.74, 6) is 0.508. The molecule has 1 aliphatic rings. The second-order valence-corrected chi connectivity index (χ2v) is 5.73. The number of aromatic nitrogens is 1. The van der Waals surface area contributed by atoms with E-state index in [9.17, 15) is 4.39 Å². The van der Waals surface area contributed by atoms with Crippen molar-refractivity contribution in [3.05, 3.63) is 29.8 Å². The molecule has 3 nitrogen and oxygen atoms in total. The van der Waals surface area contributed by atoms with E-state index in [1.54, 1.807) is 12.3 Å². The summed E-state index contributed by atoms with van der Waals surface area (Å²) in [7, 11) is 0. The summed E-state index contributed by atoms with van der Waals surface area (Å²) in [6.07, 6.45) is 5.51. The highest BCUT2D eigenvalue weighted by atomic mass is 19.1. The maximum atomic E-state index is 13.2. The first-order chi connectivity index (χ1) is 9.15. The number of hydrogen-bond donors (Lipinski definition) is 1. The highest BCUT2D eigenvalue weighted by Crippen LogP contribution is 2.17. The van der Waals surface area contributed by atoms with Gasteiger partial charge in [0, 0.05) is 25.3 Å². The Hall–Kier alpha value is -1.00. The number of hydrogen-bond acceptors (Lipinski definition) is 3. The van der Waals surface area contributed by atoms with Gasteiger partial charge in [0.2, 0.25) is 0 Å². The van der Waals surface area contributed by atoms with E-state index in [1.165, 1.54) is 19.0 Å². The van der Waals surface area contributed by atoms with Crippen molar-refractivity contribution in [2.45, 2.75) is 39.3 Å². The molecule has 0 bridgehead atoms. The van der Waals surface area contributed by atoms with Crippen LogP contribution in [0.5, 0.6) is 0 Å². The lowest BCUT2D eigenvalue weighted by Gasteiger charge is -2.32. The van der Waals surface area contributed by atoms with Crippen LogP contribution in [0.25, 0.3) is 0 Å². The molecule has 0 saturated carbocycles. The van der Waals surface area contributed by atoms with Crippen LogP contribution in [0.4, 0.5) is 4.39 Å². The fraction of sp³-hybridized carbons (Fsp3) is 0.667. The molecule has 19 heavy (non-hydrogen) atoms. The number of nitrogens with one attached hydrogen (secondary N) is 1. The minimum atomic E-state index is -0.247. The first-order valence-corrected chi connectivity index (χ1v) is 7.19. The van der Waals surface area contributed by atoms with Gasteiger partial charge >= 0.3 is 0 Å². The zero-order chi connectivity index (χ0) is 13.7. The minimum Gasteiger partial charge on any atom is -0.317 e. The van der Waals surface area contributed by atoms with E-state index in [2.05, 4.69) is 29.0 Å².